The normalized spacial score (nSPS) is 13.8. The zero-order valence-corrected chi connectivity index (χ0v) is 7.82. The summed E-state index contributed by atoms with van der Waals surface area (Å²) >= 11 is 0. The van der Waals surface area contributed by atoms with Crippen LogP contribution in [0, 0.1) is 0 Å². The lowest BCUT2D eigenvalue weighted by molar-refractivity contribution is -0.135. The number of esters is 1. The number of allylic oxidation sites excluding steroid dienone is 1. The summed E-state index contributed by atoms with van der Waals surface area (Å²) in [5.74, 6) is -0.439. The van der Waals surface area contributed by atoms with E-state index in [4.69, 9.17) is 0 Å². The van der Waals surface area contributed by atoms with Crippen molar-refractivity contribution < 1.29 is 9.53 Å². The predicted octanol–water partition coefficient (Wildman–Crippen LogP) is 1.13. The minimum Gasteiger partial charge on any atom is -0.465 e. The lowest BCUT2D eigenvalue weighted by Gasteiger charge is -1.96. The standard InChI is InChI=1S/C8H8N2O2.ClH/c1-12-8(11)7-5-9-3-2-4-10-6-7;/h2-6H,1H3;1H. The van der Waals surface area contributed by atoms with Crippen molar-refractivity contribution in [3.05, 3.63) is 24.0 Å². The van der Waals surface area contributed by atoms with Crippen molar-refractivity contribution in [3.63, 3.8) is 0 Å². The average molecular weight is 201 g/mol. The van der Waals surface area contributed by atoms with Gasteiger partial charge < -0.3 is 4.74 Å². The zero-order chi connectivity index (χ0) is 8.81. The number of ether oxygens (including phenoxy) is 1. The SMILES string of the molecule is COC(=O)C1=CN=CC=CN=C1.Cl. The summed E-state index contributed by atoms with van der Waals surface area (Å²) in [6.45, 7) is 0. The lowest BCUT2D eigenvalue weighted by Crippen LogP contribution is -2.05. The number of aliphatic imine (C=N–C) groups is 2. The van der Waals surface area contributed by atoms with E-state index in [-0.39, 0.29) is 12.4 Å². The molecule has 0 radical (unpaired) electrons. The van der Waals surface area contributed by atoms with Crippen molar-refractivity contribution in [2.75, 3.05) is 7.11 Å². The average Bonchev–Trinajstić information content (AvgIpc) is 2.02. The molecule has 1 aliphatic rings. The van der Waals surface area contributed by atoms with Crippen LogP contribution in [0.25, 0.3) is 0 Å². The van der Waals surface area contributed by atoms with E-state index >= 15 is 0 Å². The second kappa shape index (κ2) is 6.14. The number of methoxy groups -OCH3 is 1. The molecule has 0 fully saturated rings. The van der Waals surface area contributed by atoms with Crippen LogP contribution >= 0.6 is 12.4 Å². The molecular formula is C8H9ClN2O2. The fourth-order valence-electron chi connectivity index (χ4n) is 0.641. The predicted molar refractivity (Wildman–Crippen MR) is 53.5 cm³/mol. The van der Waals surface area contributed by atoms with Crippen LogP contribution in [0.4, 0.5) is 0 Å². The first-order valence-electron chi connectivity index (χ1n) is 3.34. The molecule has 0 aliphatic carbocycles. The maximum Gasteiger partial charge on any atom is 0.341 e. The van der Waals surface area contributed by atoms with Crippen molar-refractivity contribution in [1.82, 2.24) is 0 Å². The molecule has 1 aliphatic heterocycles. The number of hydrogen-bond donors (Lipinski definition) is 0. The highest BCUT2D eigenvalue weighted by molar-refractivity contribution is 6.09. The van der Waals surface area contributed by atoms with Crippen molar-refractivity contribution in [1.29, 1.82) is 0 Å². The summed E-state index contributed by atoms with van der Waals surface area (Å²) in [5, 5.41) is 0. The van der Waals surface area contributed by atoms with E-state index in [1.165, 1.54) is 19.5 Å². The molecule has 70 valence electrons. The molecule has 0 N–H and O–H groups in total. The molecule has 0 bridgehead atoms. The smallest absolute Gasteiger partial charge is 0.341 e. The molecule has 0 unspecified atom stereocenters. The summed E-state index contributed by atoms with van der Waals surface area (Å²) < 4.78 is 4.49. The highest BCUT2D eigenvalue weighted by Gasteiger charge is 2.05. The van der Waals surface area contributed by atoms with Gasteiger partial charge in [0.05, 0.1) is 12.7 Å². The summed E-state index contributed by atoms with van der Waals surface area (Å²) in [7, 11) is 1.31. The number of hydrogen-bond acceptors (Lipinski definition) is 4. The van der Waals surface area contributed by atoms with Gasteiger partial charge in [-0.25, -0.2) is 4.79 Å². The first kappa shape index (κ1) is 11.6. The first-order valence-corrected chi connectivity index (χ1v) is 3.34. The molecular weight excluding hydrogens is 192 g/mol. The van der Waals surface area contributed by atoms with Gasteiger partial charge in [-0.1, -0.05) is 0 Å². The van der Waals surface area contributed by atoms with Gasteiger partial charge in [-0.15, -0.1) is 12.4 Å². The monoisotopic (exact) mass is 200 g/mol. The molecule has 0 saturated heterocycles. The van der Waals surface area contributed by atoms with Crippen LogP contribution in [-0.4, -0.2) is 25.5 Å². The Morgan fingerprint density at radius 1 is 1.46 bits per heavy atom. The lowest BCUT2D eigenvalue weighted by atomic mass is 10.3. The third-order valence-corrected chi connectivity index (χ3v) is 1.19. The fraction of sp³-hybridized carbons (Fsp3) is 0.125. The maximum atomic E-state index is 11.0. The number of nitrogens with zero attached hydrogens (tertiary/aromatic N) is 2. The summed E-state index contributed by atoms with van der Waals surface area (Å²) in [5.41, 5.74) is 0.332. The molecule has 0 aromatic carbocycles. The third kappa shape index (κ3) is 3.66. The van der Waals surface area contributed by atoms with E-state index in [1.807, 2.05) is 0 Å². The fourth-order valence-corrected chi connectivity index (χ4v) is 0.641. The molecule has 0 aromatic heterocycles. The number of halogens is 1. The van der Waals surface area contributed by atoms with E-state index in [0.29, 0.717) is 5.57 Å². The van der Waals surface area contributed by atoms with E-state index in [0.717, 1.165) is 0 Å². The zero-order valence-electron chi connectivity index (χ0n) is 7.01. The van der Waals surface area contributed by atoms with Gasteiger partial charge in [-0.2, -0.15) is 0 Å². The Morgan fingerprint density at radius 2 is 2.23 bits per heavy atom. The quantitative estimate of drug-likeness (QED) is 0.596. The Kier molecular flexibility index (Phi) is 5.47. The van der Waals surface area contributed by atoms with Crippen molar-refractivity contribution >= 4 is 30.8 Å². The van der Waals surface area contributed by atoms with Gasteiger partial charge in [0, 0.05) is 24.8 Å². The minimum absolute atomic E-state index is 0. The largest absolute Gasteiger partial charge is 0.465 e. The molecule has 13 heavy (non-hydrogen) atoms. The summed E-state index contributed by atoms with van der Waals surface area (Å²) in [4.78, 5) is 18.6. The maximum absolute atomic E-state index is 11.0. The topological polar surface area (TPSA) is 51.0 Å². The number of rotatable bonds is 1. The summed E-state index contributed by atoms with van der Waals surface area (Å²) in [6.07, 6.45) is 7.55. The molecule has 0 atom stereocenters. The highest BCUT2D eigenvalue weighted by atomic mass is 35.5. The van der Waals surface area contributed by atoms with Gasteiger partial charge in [-0.05, 0) is 6.08 Å². The van der Waals surface area contributed by atoms with Gasteiger partial charge in [0.2, 0.25) is 0 Å². The van der Waals surface area contributed by atoms with Gasteiger partial charge in [0.15, 0.2) is 0 Å². The molecule has 0 amide bonds. The molecule has 0 aromatic rings. The summed E-state index contributed by atoms with van der Waals surface area (Å²) in [6, 6.07) is 0. The Morgan fingerprint density at radius 3 is 2.92 bits per heavy atom. The Hall–Kier alpha value is -1.42. The second-order valence-electron chi connectivity index (χ2n) is 1.99. The number of carbonyl (C=O) groups excluding carboxylic acids is 1. The van der Waals surface area contributed by atoms with Crippen molar-refractivity contribution in [2.45, 2.75) is 0 Å². The molecule has 0 spiro atoms. The van der Waals surface area contributed by atoms with Crippen LogP contribution in [0.3, 0.4) is 0 Å². The van der Waals surface area contributed by atoms with Crippen LogP contribution in [0.1, 0.15) is 0 Å². The van der Waals surface area contributed by atoms with Gasteiger partial charge in [0.1, 0.15) is 0 Å². The van der Waals surface area contributed by atoms with Crippen molar-refractivity contribution in [2.24, 2.45) is 9.98 Å². The minimum atomic E-state index is -0.439. The van der Waals surface area contributed by atoms with Crippen LogP contribution in [0.2, 0.25) is 0 Å². The second-order valence-corrected chi connectivity index (χ2v) is 1.99. The van der Waals surface area contributed by atoms with Crippen LogP contribution in [-0.2, 0) is 9.53 Å². The van der Waals surface area contributed by atoms with E-state index < -0.39 is 5.97 Å². The van der Waals surface area contributed by atoms with Gasteiger partial charge in [-0.3, -0.25) is 9.98 Å². The Labute approximate surface area is 82.1 Å². The van der Waals surface area contributed by atoms with Crippen LogP contribution < -0.4 is 0 Å². The van der Waals surface area contributed by atoms with E-state index in [2.05, 4.69) is 14.7 Å². The van der Waals surface area contributed by atoms with Gasteiger partial charge >= 0.3 is 5.97 Å². The van der Waals surface area contributed by atoms with Crippen molar-refractivity contribution in [3.8, 4) is 0 Å². The van der Waals surface area contributed by atoms with Crippen LogP contribution in [0.5, 0.6) is 0 Å². The molecule has 0 saturated carbocycles. The molecule has 5 heteroatoms. The molecule has 4 nitrogen and oxygen atoms in total. The first-order chi connectivity index (χ1) is 5.84. The number of carbonyl (C=O) groups is 1. The molecule has 1 heterocycles. The van der Waals surface area contributed by atoms with Gasteiger partial charge in [0.25, 0.3) is 0 Å². The Bertz CT molecular complexity index is 293. The van der Waals surface area contributed by atoms with Crippen LogP contribution in [0.15, 0.2) is 34.0 Å². The Balaban J connectivity index is 0.00000144. The molecule has 1 rings (SSSR count). The third-order valence-electron chi connectivity index (χ3n) is 1.19. The highest BCUT2D eigenvalue weighted by Crippen LogP contribution is 1.96. The van der Waals surface area contributed by atoms with E-state index in [9.17, 15) is 4.79 Å². The van der Waals surface area contributed by atoms with E-state index in [1.54, 1.807) is 18.5 Å².